The van der Waals surface area contributed by atoms with Crippen molar-refractivity contribution in [2.45, 2.75) is 18.9 Å². The van der Waals surface area contributed by atoms with Gasteiger partial charge in [-0.15, -0.1) is 5.10 Å². The summed E-state index contributed by atoms with van der Waals surface area (Å²) in [5.74, 6) is -1.96. The van der Waals surface area contributed by atoms with E-state index < -0.39 is 17.6 Å². The third kappa shape index (κ3) is 3.19. The maximum atomic E-state index is 12.8. The number of aromatic amines is 1. The highest BCUT2D eigenvalue weighted by Crippen LogP contribution is 2.33. The average Bonchev–Trinajstić information content (AvgIpc) is 3.44. The molecule has 0 unspecified atom stereocenters. The topological polar surface area (TPSA) is 181 Å². The van der Waals surface area contributed by atoms with E-state index in [0.717, 1.165) is 21.7 Å². The summed E-state index contributed by atoms with van der Waals surface area (Å²) < 4.78 is 5.62. The van der Waals surface area contributed by atoms with Gasteiger partial charge in [0.1, 0.15) is 11.5 Å². The van der Waals surface area contributed by atoms with Crippen molar-refractivity contribution in [3.8, 4) is 11.4 Å². The van der Waals surface area contributed by atoms with Crippen LogP contribution in [0.2, 0.25) is 0 Å². The second-order valence-corrected chi connectivity index (χ2v) is 7.09. The molecule has 0 aliphatic heterocycles. The standard InChI is InChI=1S/C19H15N7O5/c20-14-7-15-21-12(6-13(18(28)29)26(15)24-14)17(27)22-11-4-2-8-5-9(1-3-10(8)11)16-23-19(30)31-25-16/h1,3,5-7,11H,2,4H2,(H2,20,24)(H,22,27)(H,28,29)(H,23,25,30)/t11-/m0/s1. The Labute approximate surface area is 172 Å². The van der Waals surface area contributed by atoms with Crippen LogP contribution in [0.5, 0.6) is 0 Å². The Hall–Kier alpha value is -4.48. The van der Waals surface area contributed by atoms with Gasteiger partial charge in [-0.3, -0.25) is 14.3 Å². The first-order valence-electron chi connectivity index (χ1n) is 9.28. The SMILES string of the molecule is Nc1cc2nc(C(=O)N[C@H]3CCc4cc(-c5noc(=O)[nH]5)ccc43)cc(C(=O)O)n2n1. The Morgan fingerprint density at radius 2 is 2.13 bits per heavy atom. The molecular weight excluding hydrogens is 406 g/mol. The largest absolute Gasteiger partial charge is 0.477 e. The summed E-state index contributed by atoms with van der Waals surface area (Å²) in [5, 5.41) is 19.9. The number of anilines is 1. The van der Waals surface area contributed by atoms with Gasteiger partial charge in [0, 0.05) is 17.7 Å². The van der Waals surface area contributed by atoms with Gasteiger partial charge >= 0.3 is 11.7 Å². The molecule has 4 aromatic rings. The normalized spacial score (nSPS) is 15.2. The van der Waals surface area contributed by atoms with Crippen LogP contribution in [0.3, 0.4) is 0 Å². The number of rotatable bonds is 4. The van der Waals surface area contributed by atoms with E-state index in [4.69, 9.17) is 5.73 Å². The monoisotopic (exact) mass is 421 g/mol. The van der Waals surface area contributed by atoms with Crippen molar-refractivity contribution in [3.63, 3.8) is 0 Å². The minimum absolute atomic E-state index is 0.0463. The molecular formula is C19H15N7O5. The fourth-order valence-electron chi connectivity index (χ4n) is 3.76. The molecule has 31 heavy (non-hydrogen) atoms. The van der Waals surface area contributed by atoms with E-state index in [0.29, 0.717) is 24.2 Å². The molecule has 0 saturated carbocycles. The molecule has 1 aliphatic rings. The van der Waals surface area contributed by atoms with Gasteiger partial charge in [-0.2, -0.15) is 0 Å². The Morgan fingerprint density at radius 1 is 1.29 bits per heavy atom. The fourth-order valence-corrected chi connectivity index (χ4v) is 3.76. The molecule has 5 N–H and O–H groups in total. The third-order valence-electron chi connectivity index (χ3n) is 5.14. The molecule has 1 atom stereocenters. The van der Waals surface area contributed by atoms with E-state index in [-0.39, 0.29) is 28.9 Å². The van der Waals surface area contributed by atoms with Crippen LogP contribution in [0.1, 0.15) is 44.6 Å². The van der Waals surface area contributed by atoms with Crippen molar-refractivity contribution >= 4 is 23.3 Å². The van der Waals surface area contributed by atoms with Crippen LogP contribution in [-0.4, -0.2) is 41.7 Å². The molecule has 156 valence electrons. The minimum Gasteiger partial charge on any atom is -0.477 e. The number of hydrogen-bond donors (Lipinski definition) is 4. The van der Waals surface area contributed by atoms with Gasteiger partial charge in [-0.25, -0.2) is 19.1 Å². The number of nitrogens with zero attached hydrogens (tertiary/aromatic N) is 4. The Bertz CT molecular complexity index is 1420. The predicted octanol–water partition coefficient (Wildman–Crippen LogP) is 0.770. The Morgan fingerprint density at radius 3 is 2.87 bits per heavy atom. The van der Waals surface area contributed by atoms with Crippen LogP contribution in [0.25, 0.3) is 17.0 Å². The zero-order valence-electron chi connectivity index (χ0n) is 15.8. The van der Waals surface area contributed by atoms with Crippen LogP contribution in [0.4, 0.5) is 5.82 Å². The molecule has 1 amide bonds. The van der Waals surface area contributed by atoms with Crippen molar-refractivity contribution < 1.29 is 19.2 Å². The van der Waals surface area contributed by atoms with Gasteiger partial charge in [0.25, 0.3) is 5.91 Å². The van der Waals surface area contributed by atoms with Gasteiger partial charge in [0.2, 0.25) is 0 Å². The number of benzene rings is 1. The van der Waals surface area contributed by atoms with Crippen molar-refractivity contribution in [3.05, 3.63) is 63.4 Å². The molecule has 0 bridgehead atoms. The van der Waals surface area contributed by atoms with E-state index in [1.54, 1.807) is 6.07 Å². The molecule has 1 aliphatic carbocycles. The maximum Gasteiger partial charge on any atom is 0.439 e. The van der Waals surface area contributed by atoms with E-state index in [1.165, 1.54) is 6.07 Å². The summed E-state index contributed by atoms with van der Waals surface area (Å²) in [6.45, 7) is 0. The Kier molecular flexibility index (Phi) is 4.06. The summed E-state index contributed by atoms with van der Waals surface area (Å²) >= 11 is 0. The van der Waals surface area contributed by atoms with Gasteiger partial charge in [-0.1, -0.05) is 17.3 Å². The third-order valence-corrected chi connectivity index (χ3v) is 5.14. The lowest BCUT2D eigenvalue weighted by Gasteiger charge is -2.14. The Balaban J connectivity index is 1.42. The van der Waals surface area contributed by atoms with Crippen LogP contribution < -0.4 is 16.8 Å². The smallest absolute Gasteiger partial charge is 0.439 e. The number of aromatic nitrogens is 5. The first-order chi connectivity index (χ1) is 14.9. The molecule has 0 saturated heterocycles. The van der Waals surface area contributed by atoms with E-state index in [9.17, 15) is 19.5 Å². The van der Waals surface area contributed by atoms with Gasteiger partial charge in [0.15, 0.2) is 17.2 Å². The number of aromatic carboxylic acids is 1. The summed E-state index contributed by atoms with van der Waals surface area (Å²) in [7, 11) is 0. The van der Waals surface area contributed by atoms with Crippen molar-refractivity contribution in [1.29, 1.82) is 0 Å². The number of fused-ring (bicyclic) bond motifs is 2. The number of carboxylic acids is 1. The zero-order chi connectivity index (χ0) is 21.7. The molecule has 12 heteroatoms. The summed E-state index contributed by atoms with van der Waals surface area (Å²) in [5.41, 5.74) is 8.17. The number of nitrogens with one attached hydrogen (secondary N) is 2. The first-order valence-corrected chi connectivity index (χ1v) is 9.28. The van der Waals surface area contributed by atoms with Gasteiger partial charge in [0.05, 0.1) is 6.04 Å². The lowest BCUT2D eigenvalue weighted by atomic mass is 10.0. The second-order valence-electron chi connectivity index (χ2n) is 7.09. The number of carbonyl (C=O) groups is 2. The molecule has 3 aromatic heterocycles. The predicted molar refractivity (Wildman–Crippen MR) is 105 cm³/mol. The highest BCUT2D eigenvalue weighted by molar-refractivity contribution is 5.96. The molecule has 1 aromatic carbocycles. The van der Waals surface area contributed by atoms with E-state index in [2.05, 4.69) is 30.1 Å². The van der Waals surface area contributed by atoms with Crippen LogP contribution in [-0.2, 0) is 6.42 Å². The summed E-state index contributed by atoms with van der Waals surface area (Å²) in [4.78, 5) is 42.3. The lowest BCUT2D eigenvalue weighted by molar-refractivity contribution is 0.0687. The minimum atomic E-state index is -1.26. The molecule has 0 fully saturated rings. The maximum absolute atomic E-state index is 12.8. The van der Waals surface area contributed by atoms with Gasteiger partial charge < -0.3 is 16.2 Å². The number of H-pyrrole nitrogens is 1. The number of amides is 1. The summed E-state index contributed by atoms with van der Waals surface area (Å²) in [6, 6.07) is 7.80. The highest BCUT2D eigenvalue weighted by atomic mass is 16.5. The van der Waals surface area contributed by atoms with Crippen molar-refractivity contribution in [2.24, 2.45) is 0 Å². The van der Waals surface area contributed by atoms with Crippen molar-refractivity contribution in [1.82, 2.24) is 30.1 Å². The highest BCUT2D eigenvalue weighted by Gasteiger charge is 2.26. The first kappa shape index (κ1) is 18.5. The number of nitrogen functional groups attached to an aromatic ring is 1. The zero-order valence-corrected chi connectivity index (χ0v) is 15.8. The van der Waals surface area contributed by atoms with E-state index >= 15 is 0 Å². The molecule has 0 radical (unpaired) electrons. The summed E-state index contributed by atoms with van der Waals surface area (Å²) in [6.07, 6.45) is 1.37. The second kappa shape index (κ2) is 6.79. The quantitative estimate of drug-likeness (QED) is 0.370. The average molecular weight is 421 g/mol. The number of aryl methyl sites for hydroxylation is 1. The molecule has 0 spiro atoms. The van der Waals surface area contributed by atoms with Crippen molar-refractivity contribution in [2.75, 3.05) is 5.73 Å². The van der Waals surface area contributed by atoms with Crippen LogP contribution in [0.15, 0.2) is 39.6 Å². The number of hydrogen-bond acceptors (Lipinski definition) is 8. The van der Waals surface area contributed by atoms with Crippen LogP contribution >= 0.6 is 0 Å². The lowest BCUT2D eigenvalue weighted by Crippen LogP contribution is -2.28. The van der Waals surface area contributed by atoms with Crippen LogP contribution in [0, 0.1) is 0 Å². The number of nitrogens with two attached hydrogens (primary N) is 1. The van der Waals surface area contributed by atoms with E-state index in [1.807, 2.05) is 12.1 Å². The number of carboxylic acid groups (broad SMARTS) is 1. The van der Waals surface area contributed by atoms with Gasteiger partial charge in [-0.05, 0) is 30.0 Å². The molecule has 3 heterocycles. The molecule has 12 nitrogen and oxygen atoms in total. The number of carbonyl (C=O) groups excluding carboxylic acids is 1. The molecule has 5 rings (SSSR count). The fraction of sp³-hybridized carbons (Fsp3) is 0.158.